The second-order valence-electron chi connectivity index (χ2n) is 7.89. The van der Waals surface area contributed by atoms with Crippen molar-refractivity contribution in [2.45, 2.75) is 50.3 Å². The summed E-state index contributed by atoms with van der Waals surface area (Å²) in [5.74, 6) is -0.00605. The molecule has 1 amide bonds. The summed E-state index contributed by atoms with van der Waals surface area (Å²) in [6.45, 7) is 6.10. The Morgan fingerprint density at radius 1 is 1.19 bits per heavy atom. The number of aryl methyl sites for hydroxylation is 1. The van der Waals surface area contributed by atoms with E-state index in [2.05, 4.69) is 16.1 Å². The molecule has 1 aromatic heterocycles. The number of sulfonamides is 1. The second-order valence-corrected chi connectivity index (χ2v) is 11.0. The molecule has 0 unspecified atom stereocenters. The van der Waals surface area contributed by atoms with Crippen molar-refractivity contribution in [3.05, 3.63) is 52.4 Å². The fraction of sp³-hybridized carbons (Fsp3) is 0.450. The van der Waals surface area contributed by atoms with Gasteiger partial charge in [-0.15, -0.1) is 11.3 Å². The predicted molar refractivity (Wildman–Crippen MR) is 108 cm³/mol. The van der Waals surface area contributed by atoms with Crippen molar-refractivity contribution in [2.75, 3.05) is 6.54 Å². The zero-order valence-corrected chi connectivity index (χ0v) is 17.5. The van der Waals surface area contributed by atoms with Crippen LogP contribution in [0.2, 0.25) is 0 Å². The van der Waals surface area contributed by atoms with E-state index in [4.69, 9.17) is 0 Å². The summed E-state index contributed by atoms with van der Waals surface area (Å²) in [6.07, 6.45) is 2.30. The maximum atomic E-state index is 12.8. The number of carbonyl (C=O) groups excluding carboxylic acids is 1. The zero-order valence-electron chi connectivity index (χ0n) is 15.9. The second kappa shape index (κ2) is 7.73. The minimum absolute atomic E-state index is 0.00605. The third kappa shape index (κ3) is 4.78. The number of hydrogen-bond acceptors (Lipinski definition) is 4. The molecule has 0 aliphatic heterocycles. The van der Waals surface area contributed by atoms with E-state index in [1.54, 1.807) is 6.07 Å². The van der Waals surface area contributed by atoms with Crippen molar-refractivity contribution < 1.29 is 13.2 Å². The van der Waals surface area contributed by atoms with Gasteiger partial charge in [-0.05, 0) is 42.5 Å². The van der Waals surface area contributed by atoms with Crippen LogP contribution in [0.1, 0.15) is 49.2 Å². The summed E-state index contributed by atoms with van der Waals surface area (Å²) in [4.78, 5) is 12.8. The molecule has 2 N–H and O–H groups in total. The fourth-order valence-corrected chi connectivity index (χ4v) is 5.75. The standard InChI is InChI=1S/C20H26N2O3S2/c1-20(2,3)19(23)21-13-12-15-9-11-18(26-15)27(24,25)22-17-10-8-14-6-4-5-7-16(14)17/h4-7,9,11,17,22H,8,10,12-13H2,1-3H3,(H,21,23)/t17-/m1/s1. The van der Waals surface area contributed by atoms with Crippen molar-refractivity contribution in [2.24, 2.45) is 5.41 Å². The first-order valence-electron chi connectivity index (χ1n) is 9.14. The minimum Gasteiger partial charge on any atom is -0.355 e. The van der Waals surface area contributed by atoms with Crippen LogP contribution in [-0.2, 0) is 27.7 Å². The van der Waals surface area contributed by atoms with Crippen LogP contribution in [0, 0.1) is 5.41 Å². The lowest BCUT2D eigenvalue weighted by Gasteiger charge is -2.17. The molecule has 1 atom stereocenters. The van der Waals surface area contributed by atoms with E-state index in [1.807, 2.05) is 45.0 Å². The summed E-state index contributed by atoms with van der Waals surface area (Å²) < 4.78 is 28.7. The van der Waals surface area contributed by atoms with Gasteiger partial charge in [-0.2, -0.15) is 0 Å². The summed E-state index contributed by atoms with van der Waals surface area (Å²) in [5, 5.41) is 2.89. The van der Waals surface area contributed by atoms with Crippen LogP contribution < -0.4 is 10.0 Å². The van der Waals surface area contributed by atoms with Crippen LogP contribution in [0.5, 0.6) is 0 Å². The van der Waals surface area contributed by atoms with Gasteiger partial charge in [0.05, 0.1) is 0 Å². The quantitative estimate of drug-likeness (QED) is 0.772. The molecular formula is C20H26N2O3S2. The SMILES string of the molecule is CC(C)(C)C(=O)NCCc1ccc(S(=O)(=O)N[C@@H]2CCc3ccccc32)s1. The van der Waals surface area contributed by atoms with Gasteiger partial charge in [0, 0.05) is 22.9 Å². The van der Waals surface area contributed by atoms with E-state index in [0.717, 1.165) is 23.3 Å². The monoisotopic (exact) mass is 406 g/mol. The topological polar surface area (TPSA) is 75.3 Å². The molecule has 0 saturated heterocycles. The zero-order chi connectivity index (χ0) is 19.7. The van der Waals surface area contributed by atoms with Gasteiger partial charge < -0.3 is 5.32 Å². The van der Waals surface area contributed by atoms with Gasteiger partial charge in [-0.1, -0.05) is 45.0 Å². The Morgan fingerprint density at radius 2 is 1.93 bits per heavy atom. The average molecular weight is 407 g/mol. The number of hydrogen-bond donors (Lipinski definition) is 2. The average Bonchev–Trinajstić information content (AvgIpc) is 3.22. The Morgan fingerprint density at radius 3 is 2.67 bits per heavy atom. The Bertz CT molecular complexity index is 927. The Kier molecular flexibility index (Phi) is 5.74. The molecule has 1 heterocycles. The molecule has 2 aromatic rings. The lowest BCUT2D eigenvalue weighted by atomic mass is 9.96. The molecule has 0 fully saturated rings. The molecule has 27 heavy (non-hydrogen) atoms. The van der Waals surface area contributed by atoms with Gasteiger partial charge in [-0.25, -0.2) is 13.1 Å². The van der Waals surface area contributed by atoms with Crippen LogP contribution in [0.15, 0.2) is 40.6 Å². The number of amides is 1. The molecule has 0 bridgehead atoms. The van der Waals surface area contributed by atoms with Gasteiger partial charge in [0.1, 0.15) is 4.21 Å². The Labute approximate surface area is 165 Å². The molecular weight excluding hydrogens is 380 g/mol. The molecule has 7 heteroatoms. The van der Waals surface area contributed by atoms with Crippen LogP contribution in [-0.4, -0.2) is 20.9 Å². The highest BCUT2D eigenvalue weighted by molar-refractivity contribution is 7.91. The fourth-order valence-electron chi connectivity index (χ4n) is 3.13. The largest absolute Gasteiger partial charge is 0.355 e. The summed E-state index contributed by atoms with van der Waals surface area (Å²) in [5.41, 5.74) is 1.86. The molecule has 1 aliphatic carbocycles. The smallest absolute Gasteiger partial charge is 0.250 e. The van der Waals surface area contributed by atoms with Crippen LogP contribution in [0.3, 0.4) is 0 Å². The molecule has 0 spiro atoms. The van der Waals surface area contributed by atoms with Crippen molar-refractivity contribution in [3.63, 3.8) is 0 Å². The van der Waals surface area contributed by atoms with Crippen LogP contribution in [0.4, 0.5) is 0 Å². The molecule has 0 radical (unpaired) electrons. The summed E-state index contributed by atoms with van der Waals surface area (Å²) >= 11 is 1.26. The van der Waals surface area contributed by atoms with Gasteiger partial charge in [0.15, 0.2) is 0 Å². The third-order valence-electron chi connectivity index (χ3n) is 4.67. The molecule has 0 saturated carbocycles. The highest BCUT2D eigenvalue weighted by atomic mass is 32.2. The molecule has 146 valence electrons. The van der Waals surface area contributed by atoms with Crippen molar-refractivity contribution in [1.29, 1.82) is 0 Å². The Hall–Kier alpha value is -1.70. The third-order valence-corrected chi connectivity index (χ3v) is 7.78. The summed E-state index contributed by atoms with van der Waals surface area (Å²) in [6, 6.07) is 11.3. The number of rotatable bonds is 6. The first kappa shape index (κ1) is 20.0. The Balaban J connectivity index is 1.61. The molecule has 1 aromatic carbocycles. The lowest BCUT2D eigenvalue weighted by molar-refractivity contribution is -0.128. The van der Waals surface area contributed by atoms with Gasteiger partial charge >= 0.3 is 0 Å². The maximum Gasteiger partial charge on any atom is 0.250 e. The van der Waals surface area contributed by atoms with Gasteiger partial charge in [0.2, 0.25) is 5.91 Å². The highest BCUT2D eigenvalue weighted by Gasteiger charge is 2.28. The lowest BCUT2D eigenvalue weighted by Crippen LogP contribution is -2.35. The van der Waals surface area contributed by atoms with Crippen molar-refractivity contribution in [3.8, 4) is 0 Å². The number of fused-ring (bicyclic) bond motifs is 1. The maximum absolute atomic E-state index is 12.8. The minimum atomic E-state index is -3.55. The van der Waals surface area contributed by atoms with Crippen LogP contribution in [0.25, 0.3) is 0 Å². The first-order chi connectivity index (χ1) is 12.7. The van der Waals surface area contributed by atoms with E-state index in [9.17, 15) is 13.2 Å². The number of benzene rings is 1. The number of nitrogens with one attached hydrogen (secondary N) is 2. The van der Waals surface area contributed by atoms with Crippen LogP contribution >= 0.6 is 11.3 Å². The van der Waals surface area contributed by atoms with E-state index < -0.39 is 15.4 Å². The highest BCUT2D eigenvalue weighted by Crippen LogP contribution is 2.33. The number of carbonyl (C=O) groups is 1. The molecule has 3 rings (SSSR count). The van der Waals surface area contributed by atoms with Gasteiger partial charge in [-0.3, -0.25) is 4.79 Å². The van der Waals surface area contributed by atoms with E-state index >= 15 is 0 Å². The van der Waals surface area contributed by atoms with E-state index in [0.29, 0.717) is 17.2 Å². The number of thiophene rings is 1. The molecule has 5 nitrogen and oxygen atoms in total. The van der Waals surface area contributed by atoms with Crippen molar-refractivity contribution >= 4 is 27.3 Å². The first-order valence-corrected chi connectivity index (χ1v) is 11.4. The van der Waals surface area contributed by atoms with E-state index in [1.165, 1.54) is 16.9 Å². The molecule has 1 aliphatic rings. The van der Waals surface area contributed by atoms with Crippen molar-refractivity contribution in [1.82, 2.24) is 10.0 Å². The summed E-state index contributed by atoms with van der Waals surface area (Å²) in [7, 11) is -3.55. The van der Waals surface area contributed by atoms with E-state index in [-0.39, 0.29) is 11.9 Å². The predicted octanol–water partition coefficient (Wildman–Crippen LogP) is 3.42. The van der Waals surface area contributed by atoms with Gasteiger partial charge in [0.25, 0.3) is 10.0 Å². The normalized spacial score (nSPS) is 16.9.